The third kappa shape index (κ3) is 5.14. The third-order valence-corrected chi connectivity index (χ3v) is 1.49. The van der Waals surface area contributed by atoms with Gasteiger partial charge in [-0.3, -0.25) is 14.7 Å². The van der Waals surface area contributed by atoms with Crippen LogP contribution in [0.5, 0.6) is 0 Å². The number of hydrogen-bond acceptors (Lipinski definition) is 5. The Morgan fingerprint density at radius 2 is 2.00 bits per heavy atom. The van der Waals surface area contributed by atoms with E-state index in [0.717, 1.165) is 0 Å². The van der Waals surface area contributed by atoms with Crippen LogP contribution in [-0.4, -0.2) is 21.7 Å². The van der Waals surface area contributed by atoms with E-state index in [9.17, 15) is 14.1 Å². The van der Waals surface area contributed by atoms with Gasteiger partial charge in [0.15, 0.2) is 5.78 Å². The Balaban J connectivity index is 0.00000106. The summed E-state index contributed by atoms with van der Waals surface area (Å²) < 4.78 is 11.3. The Bertz CT molecular complexity index is 330. The highest BCUT2D eigenvalue weighted by Gasteiger charge is 2.11. The topological polar surface area (TPSA) is 69.2 Å². The minimum atomic E-state index is -1.07. The van der Waals surface area contributed by atoms with E-state index in [1.165, 1.54) is 18.6 Å². The number of carbonyl (C=O) groups excluding carboxylic acids is 2. The third-order valence-electron chi connectivity index (χ3n) is 1.49. The van der Waals surface area contributed by atoms with E-state index in [4.69, 9.17) is 0 Å². The number of nitrogens with zero attached hydrogens (tertiary/aromatic N) is 2. The lowest BCUT2D eigenvalue weighted by atomic mass is 10.2. The first-order chi connectivity index (χ1) is 7.74. The first-order valence-electron chi connectivity index (χ1n) is 4.84. The summed E-state index contributed by atoms with van der Waals surface area (Å²) in [7, 11) is 0. The Morgan fingerprint density at radius 3 is 2.50 bits per heavy atom. The summed E-state index contributed by atoms with van der Waals surface area (Å²) in [5.74, 6) is -1.44. The minimum Gasteiger partial charge on any atom is -0.292 e. The highest BCUT2D eigenvalue weighted by atomic mass is 19.3. The zero-order chi connectivity index (χ0) is 12.4. The highest BCUT2D eigenvalue weighted by molar-refractivity contribution is 5.95. The van der Waals surface area contributed by atoms with E-state index in [0.29, 0.717) is 0 Å². The van der Waals surface area contributed by atoms with Gasteiger partial charge in [0.1, 0.15) is 5.69 Å². The van der Waals surface area contributed by atoms with Crippen LogP contribution >= 0.6 is 0 Å². The molecule has 0 saturated carbocycles. The molecule has 5 nitrogen and oxygen atoms in total. The van der Waals surface area contributed by atoms with E-state index < -0.39 is 5.97 Å². The van der Waals surface area contributed by atoms with E-state index in [1.807, 2.05) is 13.8 Å². The molecule has 1 aromatic heterocycles. The van der Waals surface area contributed by atoms with Crippen LogP contribution in [0.1, 0.15) is 37.2 Å². The number of ketones is 1. The van der Waals surface area contributed by atoms with Crippen molar-refractivity contribution in [3.05, 3.63) is 24.3 Å². The van der Waals surface area contributed by atoms with E-state index in [2.05, 4.69) is 14.9 Å². The van der Waals surface area contributed by atoms with Crippen LogP contribution in [0.25, 0.3) is 0 Å². The smallest absolute Gasteiger partial charge is 0.292 e. The minimum absolute atomic E-state index is 0.137. The van der Waals surface area contributed by atoms with Crippen LogP contribution in [0.15, 0.2) is 18.6 Å². The van der Waals surface area contributed by atoms with Crippen LogP contribution in [0.4, 0.5) is 4.53 Å². The fourth-order valence-corrected chi connectivity index (χ4v) is 0.825. The average molecular weight is 228 g/mol. The molecular formula is C10H13FN2O3. The number of rotatable bonds is 4. The summed E-state index contributed by atoms with van der Waals surface area (Å²) in [4.78, 5) is 31.9. The highest BCUT2D eigenvalue weighted by Crippen LogP contribution is 2.01. The van der Waals surface area contributed by atoms with Gasteiger partial charge in [0.25, 0.3) is 0 Å². The predicted molar refractivity (Wildman–Crippen MR) is 54.1 cm³/mol. The quantitative estimate of drug-likeness (QED) is 0.736. The molecule has 0 saturated heterocycles. The maximum Gasteiger partial charge on any atom is 0.349 e. The standard InChI is InChI=1S/C8H7FN2O3.C2H6/c9-14-8(13)2-1-7(12)6-5-10-3-4-11-6;1-2/h3-5H,1-2H2;1-2H3. The molecule has 0 radical (unpaired) electrons. The lowest BCUT2D eigenvalue weighted by molar-refractivity contribution is -0.183. The molecule has 0 aromatic carbocycles. The molecule has 1 heterocycles. The van der Waals surface area contributed by atoms with Crippen LogP contribution in [0.2, 0.25) is 0 Å². The second kappa shape index (κ2) is 8.46. The fourth-order valence-electron chi connectivity index (χ4n) is 0.825. The van der Waals surface area contributed by atoms with Crippen LogP contribution < -0.4 is 0 Å². The largest absolute Gasteiger partial charge is 0.349 e. The molecule has 0 spiro atoms. The first-order valence-corrected chi connectivity index (χ1v) is 4.84. The summed E-state index contributed by atoms with van der Waals surface area (Å²) in [6.45, 7) is 4.00. The normalized spacial score (nSPS) is 8.69. The molecule has 1 aromatic rings. The van der Waals surface area contributed by atoms with Gasteiger partial charge in [0.05, 0.1) is 12.6 Å². The van der Waals surface area contributed by atoms with Crippen molar-refractivity contribution in [2.45, 2.75) is 26.7 Å². The van der Waals surface area contributed by atoms with Gasteiger partial charge in [0.2, 0.25) is 0 Å². The molecule has 1 rings (SSSR count). The molecule has 16 heavy (non-hydrogen) atoms. The monoisotopic (exact) mass is 228 g/mol. The average Bonchev–Trinajstić information content (AvgIpc) is 2.38. The molecule has 0 fully saturated rings. The maximum atomic E-state index is 11.3. The fraction of sp³-hybridized carbons (Fsp3) is 0.400. The Kier molecular flexibility index (Phi) is 7.48. The van der Waals surface area contributed by atoms with Gasteiger partial charge >= 0.3 is 5.97 Å². The summed E-state index contributed by atoms with van der Waals surface area (Å²) in [5.41, 5.74) is 0.152. The van der Waals surface area contributed by atoms with Gasteiger partial charge in [0, 0.05) is 23.3 Å². The molecule has 0 aliphatic heterocycles. The second-order valence-electron chi connectivity index (χ2n) is 2.46. The Hall–Kier alpha value is -1.85. The lowest BCUT2D eigenvalue weighted by Crippen LogP contribution is -2.06. The van der Waals surface area contributed by atoms with Crippen LogP contribution in [0.3, 0.4) is 0 Å². The molecule has 88 valence electrons. The number of Topliss-reactive ketones (excluding diaryl/α,β-unsaturated/α-hetero) is 1. The van der Waals surface area contributed by atoms with E-state index >= 15 is 0 Å². The number of carbonyl (C=O) groups is 2. The molecule has 0 aliphatic rings. The van der Waals surface area contributed by atoms with Crippen LogP contribution in [0, 0.1) is 0 Å². The Morgan fingerprint density at radius 1 is 1.31 bits per heavy atom. The zero-order valence-electron chi connectivity index (χ0n) is 9.14. The molecule has 0 amide bonds. The molecule has 0 atom stereocenters. The molecule has 6 heteroatoms. The van der Waals surface area contributed by atoms with Crippen molar-refractivity contribution in [1.82, 2.24) is 9.97 Å². The molecular weight excluding hydrogens is 215 g/mol. The van der Waals surface area contributed by atoms with E-state index in [-0.39, 0.29) is 24.3 Å². The Labute approximate surface area is 92.6 Å². The maximum absolute atomic E-state index is 11.3. The van der Waals surface area contributed by atoms with Crippen LogP contribution in [-0.2, 0) is 9.74 Å². The van der Waals surface area contributed by atoms with Crippen molar-refractivity contribution in [2.75, 3.05) is 0 Å². The number of halogens is 1. The number of hydrogen-bond donors (Lipinski definition) is 0. The van der Waals surface area contributed by atoms with Gasteiger partial charge in [-0.05, 0) is 0 Å². The van der Waals surface area contributed by atoms with E-state index in [1.54, 1.807) is 0 Å². The summed E-state index contributed by atoms with van der Waals surface area (Å²) in [5, 5.41) is 0. The van der Waals surface area contributed by atoms with Crippen molar-refractivity contribution in [1.29, 1.82) is 0 Å². The van der Waals surface area contributed by atoms with Gasteiger partial charge in [-0.2, -0.15) is 0 Å². The summed E-state index contributed by atoms with van der Waals surface area (Å²) >= 11 is 0. The SMILES string of the molecule is CC.O=C(CCC(=O)c1cnccn1)OF. The van der Waals surface area contributed by atoms with Gasteiger partial charge in [-0.25, -0.2) is 9.78 Å². The summed E-state index contributed by atoms with van der Waals surface area (Å²) in [6, 6.07) is 0. The second-order valence-corrected chi connectivity index (χ2v) is 2.46. The molecule has 0 unspecified atom stereocenters. The van der Waals surface area contributed by atoms with Crippen molar-refractivity contribution in [2.24, 2.45) is 0 Å². The lowest BCUT2D eigenvalue weighted by Gasteiger charge is -1.96. The summed E-state index contributed by atoms with van der Waals surface area (Å²) in [6.07, 6.45) is 3.63. The predicted octanol–water partition coefficient (Wildman–Crippen LogP) is 1.89. The van der Waals surface area contributed by atoms with Crippen molar-refractivity contribution in [3.63, 3.8) is 0 Å². The number of aromatic nitrogens is 2. The molecule has 0 aliphatic carbocycles. The molecule has 0 N–H and O–H groups in total. The first kappa shape index (κ1) is 14.2. The van der Waals surface area contributed by atoms with Crippen molar-refractivity contribution in [3.8, 4) is 0 Å². The van der Waals surface area contributed by atoms with Crippen molar-refractivity contribution < 1.29 is 19.1 Å². The molecule has 0 bridgehead atoms. The van der Waals surface area contributed by atoms with Gasteiger partial charge < -0.3 is 0 Å². The van der Waals surface area contributed by atoms with Gasteiger partial charge in [-0.15, -0.1) is 0 Å². The van der Waals surface area contributed by atoms with Gasteiger partial charge in [-0.1, -0.05) is 13.8 Å². The van der Waals surface area contributed by atoms with Crippen molar-refractivity contribution >= 4 is 11.8 Å². The zero-order valence-corrected chi connectivity index (χ0v) is 9.14.